The summed E-state index contributed by atoms with van der Waals surface area (Å²) in [7, 11) is 0. The Balaban J connectivity index is 1.94. The van der Waals surface area contributed by atoms with Crippen molar-refractivity contribution < 1.29 is 0 Å². The van der Waals surface area contributed by atoms with Crippen LogP contribution in [0.1, 0.15) is 39.0 Å². The van der Waals surface area contributed by atoms with E-state index in [1.165, 1.54) is 51.7 Å². The molecular weight excluding hydrogens is 160 g/mol. The van der Waals surface area contributed by atoms with Gasteiger partial charge in [-0.2, -0.15) is 0 Å². The zero-order valence-electron chi connectivity index (χ0n) is 8.73. The summed E-state index contributed by atoms with van der Waals surface area (Å²) in [5, 5.41) is 7.24. The van der Waals surface area contributed by atoms with Crippen molar-refractivity contribution in [1.82, 2.24) is 10.6 Å². The van der Waals surface area contributed by atoms with Gasteiger partial charge in [-0.25, -0.2) is 0 Å². The third-order valence-electron chi connectivity index (χ3n) is 3.85. The molecule has 2 aliphatic heterocycles. The number of piperidine rings is 2. The van der Waals surface area contributed by atoms with Crippen molar-refractivity contribution >= 4 is 0 Å². The molecule has 2 N–H and O–H groups in total. The Morgan fingerprint density at radius 3 is 2.69 bits per heavy atom. The SMILES string of the molecule is CC1(C2CCCNC2)CCCCN1. The molecule has 2 atom stereocenters. The fraction of sp³-hybridized carbons (Fsp3) is 1.00. The van der Waals surface area contributed by atoms with Gasteiger partial charge >= 0.3 is 0 Å². The lowest BCUT2D eigenvalue weighted by molar-refractivity contribution is 0.153. The highest BCUT2D eigenvalue weighted by atomic mass is 15.0. The minimum absolute atomic E-state index is 0.436. The molecular formula is C11H22N2. The first-order valence-electron chi connectivity index (χ1n) is 5.77. The van der Waals surface area contributed by atoms with Crippen LogP contribution in [0.4, 0.5) is 0 Å². The zero-order valence-corrected chi connectivity index (χ0v) is 8.73. The molecule has 2 saturated heterocycles. The van der Waals surface area contributed by atoms with Crippen molar-refractivity contribution in [2.45, 2.75) is 44.6 Å². The second-order valence-corrected chi connectivity index (χ2v) is 4.84. The molecule has 0 aromatic heterocycles. The molecule has 76 valence electrons. The molecule has 0 aliphatic carbocycles. The van der Waals surface area contributed by atoms with E-state index >= 15 is 0 Å². The predicted molar refractivity (Wildman–Crippen MR) is 55.9 cm³/mol. The van der Waals surface area contributed by atoms with Crippen LogP contribution in [-0.4, -0.2) is 25.2 Å². The quantitative estimate of drug-likeness (QED) is 0.642. The third kappa shape index (κ3) is 2.05. The van der Waals surface area contributed by atoms with Crippen molar-refractivity contribution in [1.29, 1.82) is 0 Å². The summed E-state index contributed by atoms with van der Waals surface area (Å²) in [5.41, 5.74) is 0.436. The van der Waals surface area contributed by atoms with Gasteiger partial charge in [-0.15, -0.1) is 0 Å². The molecule has 2 heteroatoms. The van der Waals surface area contributed by atoms with E-state index in [0.29, 0.717) is 5.54 Å². The van der Waals surface area contributed by atoms with E-state index in [0.717, 1.165) is 5.92 Å². The number of hydrogen-bond donors (Lipinski definition) is 2. The van der Waals surface area contributed by atoms with E-state index in [4.69, 9.17) is 0 Å². The van der Waals surface area contributed by atoms with Gasteiger partial charge in [0.25, 0.3) is 0 Å². The average Bonchev–Trinajstić information content (AvgIpc) is 2.20. The lowest BCUT2D eigenvalue weighted by Gasteiger charge is -2.43. The lowest BCUT2D eigenvalue weighted by atomic mass is 9.76. The van der Waals surface area contributed by atoms with E-state index in [2.05, 4.69) is 17.6 Å². The standard InChI is InChI=1S/C11H22N2/c1-11(6-2-3-8-13-11)10-5-4-7-12-9-10/h10,12-13H,2-9H2,1H3. The van der Waals surface area contributed by atoms with Crippen molar-refractivity contribution in [2.75, 3.05) is 19.6 Å². The molecule has 2 rings (SSSR count). The van der Waals surface area contributed by atoms with Crippen molar-refractivity contribution in [2.24, 2.45) is 5.92 Å². The predicted octanol–water partition coefficient (Wildman–Crippen LogP) is 1.52. The Morgan fingerprint density at radius 2 is 2.08 bits per heavy atom. The van der Waals surface area contributed by atoms with Gasteiger partial charge in [0.2, 0.25) is 0 Å². The first kappa shape index (κ1) is 9.47. The molecule has 0 aromatic rings. The summed E-state index contributed by atoms with van der Waals surface area (Å²) in [6.07, 6.45) is 6.94. The van der Waals surface area contributed by atoms with Gasteiger partial charge in [-0.1, -0.05) is 6.42 Å². The first-order valence-corrected chi connectivity index (χ1v) is 5.77. The molecule has 0 spiro atoms. The van der Waals surface area contributed by atoms with E-state index in [-0.39, 0.29) is 0 Å². The molecule has 2 nitrogen and oxygen atoms in total. The van der Waals surface area contributed by atoms with E-state index in [1.807, 2.05) is 0 Å². The lowest BCUT2D eigenvalue weighted by Crippen LogP contribution is -2.55. The van der Waals surface area contributed by atoms with Crippen molar-refractivity contribution in [3.05, 3.63) is 0 Å². The largest absolute Gasteiger partial charge is 0.316 e. The fourth-order valence-corrected chi connectivity index (χ4v) is 2.82. The molecule has 0 radical (unpaired) electrons. The maximum atomic E-state index is 3.73. The van der Waals surface area contributed by atoms with Crippen LogP contribution in [-0.2, 0) is 0 Å². The van der Waals surface area contributed by atoms with Crippen molar-refractivity contribution in [3.8, 4) is 0 Å². The minimum atomic E-state index is 0.436. The Labute approximate surface area is 81.5 Å². The van der Waals surface area contributed by atoms with Crippen LogP contribution in [0.3, 0.4) is 0 Å². The number of nitrogens with one attached hydrogen (secondary N) is 2. The normalized spacial score (nSPS) is 41.8. The zero-order chi connectivity index (χ0) is 9.15. The fourth-order valence-electron chi connectivity index (χ4n) is 2.82. The van der Waals surface area contributed by atoms with Crippen LogP contribution in [0.25, 0.3) is 0 Å². The Kier molecular flexibility index (Phi) is 2.89. The molecule has 0 bridgehead atoms. The van der Waals surface area contributed by atoms with Crippen LogP contribution in [0.15, 0.2) is 0 Å². The summed E-state index contributed by atoms with van der Waals surface area (Å²) in [6, 6.07) is 0. The second-order valence-electron chi connectivity index (χ2n) is 4.84. The maximum Gasteiger partial charge on any atom is 0.0193 e. The minimum Gasteiger partial charge on any atom is -0.316 e. The van der Waals surface area contributed by atoms with Gasteiger partial charge in [0.05, 0.1) is 0 Å². The van der Waals surface area contributed by atoms with Crippen LogP contribution >= 0.6 is 0 Å². The third-order valence-corrected chi connectivity index (χ3v) is 3.85. The average molecular weight is 182 g/mol. The summed E-state index contributed by atoms with van der Waals surface area (Å²) in [6.45, 7) is 6.10. The summed E-state index contributed by atoms with van der Waals surface area (Å²) >= 11 is 0. The van der Waals surface area contributed by atoms with Gasteiger partial charge in [-0.05, 0) is 58.2 Å². The molecule has 2 aliphatic rings. The summed E-state index contributed by atoms with van der Waals surface area (Å²) in [5.74, 6) is 0.863. The topological polar surface area (TPSA) is 24.1 Å². The van der Waals surface area contributed by atoms with E-state index < -0.39 is 0 Å². The Bertz CT molecular complexity index is 155. The maximum absolute atomic E-state index is 3.73. The number of rotatable bonds is 1. The van der Waals surface area contributed by atoms with Crippen LogP contribution in [0.5, 0.6) is 0 Å². The molecule has 0 amide bonds. The molecule has 2 heterocycles. The highest BCUT2D eigenvalue weighted by molar-refractivity contribution is 4.94. The molecule has 0 saturated carbocycles. The first-order chi connectivity index (χ1) is 6.31. The molecule has 13 heavy (non-hydrogen) atoms. The van der Waals surface area contributed by atoms with E-state index in [1.54, 1.807) is 0 Å². The van der Waals surface area contributed by atoms with Crippen molar-refractivity contribution in [3.63, 3.8) is 0 Å². The van der Waals surface area contributed by atoms with E-state index in [9.17, 15) is 0 Å². The highest BCUT2D eigenvalue weighted by Gasteiger charge is 2.35. The Hall–Kier alpha value is -0.0800. The molecule has 2 fully saturated rings. The summed E-state index contributed by atoms with van der Waals surface area (Å²) < 4.78 is 0. The van der Waals surface area contributed by atoms with Gasteiger partial charge in [0.1, 0.15) is 0 Å². The summed E-state index contributed by atoms with van der Waals surface area (Å²) in [4.78, 5) is 0. The van der Waals surface area contributed by atoms with Crippen LogP contribution < -0.4 is 10.6 Å². The molecule has 0 aromatic carbocycles. The van der Waals surface area contributed by atoms with Crippen LogP contribution in [0, 0.1) is 5.92 Å². The van der Waals surface area contributed by atoms with Crippen LogP contribution in [0.2, 0.25) is 0 Å². The van der Waals surface area contributed by atoms with Gasteiger partial charge in [0.15, 0.2) is 0 Å². The van der Waals surface area contributed by atoms with Gasteiger partial charge in [-0.3, -0.25) is 0 Å². The number of hydrogen-bond acceptors (Lipinski definition) is 2. The van der Waals surface area contributed by atoms with Gasteiger partial charge < -0.3 is 10.6 Å². The Morgan fingerprint density at radius 1 is 1.15 bits per heavy atom. The van der Waals surface area contributed by atoms with Gasteiger partial charge in [0, 0.05) is 5.54 Å². The monoisotopic (exact) mass is 182 g/mol. The molecule has 2 unspecified atom stereocenters. The smallest absolute Gasteiger partial charge is 0.0193 e. The second kappa shape index (κ2) is 3.97. The highest BCUT2D eigenvalue weighted by Crippen LogP contribution is 2.30.